The van der Waals surface area contributed by atoms with Crippen LogP contribution in [0.3, 0.4) is 0 Å². The molecule has 0 aliphatic rings. The van der Waals surface area contributed by atoms with Crippen molar-refractivity contribution >= 4 is 34.0 Å². The maximum Gasteiger partial charge on any atom is 0.415 e. The molecule has 0 fully saturated rings. The molecule has 1 aromatic carbocycles. The molecule has 0 saturated carbocycles. The van der Waals surface area contributed by atoms with Crippen LogP contribution in [0.5, 0.6) is 5.75 Å². The van der Waals surface area contributed by atoms with Gasteiger partial charge in [-0.3, -0.25) is 14.3 Å². The third-order valence-corrected chi connectivity index (χ3v) is 6.45. The zero-order valence-corrected chi connectivity index (χ0v) is 22.1. The van der Waals surface area contributed by atoms with E-state index in [9.17, 15) is 9.59 Å². The van der Waals surface area contributed by atoms with Crippen molar-refractivity contribution in [2.75, 3.05) is 18.6 Å². The average molecular weight is 485 g/mol. The van der Waals surface area contributed by atoms with Gasteiger partial charge in [-0.15, -0.1) is 11.3 Å². The Hall–Kier alpha value is -2.80. The van der Waals surface area contributed by atoms with Gasteiger partial charge >= 0.3 is 6.09 Å². The van der Waals surface area contributed by atoms with Crippen LogP contribution >= 0.6 is 11.3 Å². The standard InChI is InChI=1S/C27H36N2O4S/c1-8-9-14-33-23-21-16-19(22-11-10-15-34-22)12-13-20(21)25(30)28(17-18(2)3)24(23)29(26(31)32-7)27(4,5)6/h10-13,15-16,18H,8-9,14,17H2,1-7H3. The lowest BCUT2D eigenvalue weighted by Gasteiger charge is -2.37. The number of pyridine rings is 1. The molecular weight excluding hydrogens is 448 g/mol. The van der Waals surface area contributed by atoms with Crippen LogP contribution in [0.15, 0.2) is 40.5 Å². The highest BCUT2D eigenvalue weighted by atomic mass is 32.1. The van der Waals surface area contributed by atoms with Gasteiger partial charge in [0, 0.05) is 22.3 Å². The van der Waals surface area contributed by atoms with Gasteiger partial charge in [-0.2, -0.15) is 0 Å². The molecule has 0 unspecified atom stereocenters. The summed E-state index contributed by atoms with van der Waals surface area (Å²) in [6.45, 7) is 12.9. The van der Waals surface area contributed by atoms with Gasteiger partial charge in [0.2, 0.25) is 0 Å². The Balaban J connectivity index is 2.45. The first-order valence-corrected chi connectivity index (χ1v) is 12.7. The van der Waals surface area contributed by atoms with Crippen molar-refractivity contribution in [3.63, 3.8) is 0 Å². The molecule has 0 aliphatic carbocycles. The fourth-order valence-electron chi connectivity index (χ4n) is 3.99. The lowest BCUT2D eigenvalue weighted by molar-refractivity contribution is 0.171. The summed E-state index contributed by atoms with van der Waals surface area (Å²) in [5.41, 5.74) is 0.216. The number of carbonyl (C=O) groups is 1. The van der Waals surface area contributed by atoms with Crippen molar-refractivity contribution in [3.8, 4) is 16.2 Å². The maximum absolute atomic E-state index is 13.8. The number of hydrogen-bond acceptors (Lipinski definition) is 5. The highest BCUT2D eigenvalue weighted by Gasteiger charge is 2.35. The second-order valence-corrected chi connectivity index (χ2v) is 10.8. The molecule has 3 rings (SSSR count). The van der Waals surface area contributed by atoms with Crippen molar-refractivity contribution in [2.45, 2.75) is 66.5 Å². The highest BCUT2D eigenvalue weighted by Crippen LogP contribution is 2.40. The molecular formula is C27H36N2O4S. The second-order valence-electron chi connectivity index (χ2n) is 9.88. The molecule has 7 heteroatoms. The zero-order valence-electron chi connectivity index (χ0n) is 21.3. The van der Waals surface area contributed by atoms with E-state index in [4.69, 9.17) is 9.47 Å². The van der Waals surface area contributed by atoms with Crippen molar-refractivity contribution in [1.82, 2.24) is 4.57 Å². The summed E-state index contributed by atoms with van der Waals surface area (Å²) in [4.78, 5) is 29.6. The Bertz CT molecular complexity index is 1190. The normalized spacial score (nSPS) is 11.8. The number of anilines is 1. The molecule has 3 aromatic rings. The molecule has 0 atom stereocenters. The third-order valence-electron chi connectivity index (χ3n) is 5.54. The predicted molar refractivity (Wildman–Crippen MR) is 141 cm³/mol. The van der Waals surface area contributed by atoms with Crippen LogP contribution in [0, 0.1) is 5.92 Å². The largest absolute Gasteiger partial charge is 0.489 e. The van der Waals surface area contributed by atoms with E-state index in [0.717, 1.165) is 23.3 Å². The number of fused-ring (bicyclic) bond motifs is 1. The smallest absolute Gasteiger partial charge is 0.415 e. The number of carbonyl (C=O) groups excluding carboxylic acids is 1. The number of rotatable bonds is 8. The Morgan fingerprint density at radius 3 is 2.47 bits per heavy atom. The molecule has 184 valence electrons. The zero-order chi connectivity index (χ0) is 25.0. The minimum atomic E-state index is -0.653. The first kappa shape index (κ1) is 25.8. The number of ether oxygens (including phenoxy) is 2. The summed E-state index contributed by atoms with van der Waals surface area (Å²) in [6, 6.07) is 9.92. The fraction of sp³-hybridized carbons (Fsp3) is 0.481. The lowest BCUT2D eigenvalue weighted by atomic mass is 10.0. The summed E-state index contributed by atoms with van der Waals surface area (Å²) < 4.78 is 13.3. The van der Waals surface area contributed by atoms with E-state index in [0.29, 0.717) is 35.5 Å². The van der Waals surface area contributed by atoms with Crippen LogP contribution in [0.4, 0.5) is 10.6 Å². The van der Waals surface area contributed by atoms with Crippen LogP contribution in [0.25, 0.3) is 21.2 Å². The van der Waals surface area contributed by atoms with Gasteiger partial charge in [0.25, 0.3) is 5.56 Å². The molecule has 0 aliphatic heterocycles. The molecule has 0 spiro atoms. The minimum Gasteiger partial charge on any atom is -0.489 e. The number of amides is 1. The van der Waals surface area contributed by atoms with Gasteiger partial charge in [0.15, 0.2) is 11.6 Å². The van der Waals surface area contributed by atoms with Crippen molar-refractivity contribution < 1.29 is 14.3 Å². The maximum atomic E-state index is 13.8. The van der Waals surface area contributed by atoms with Crippen molar-refractivity contribution in [3.05, 3.63) is 46.1 Å². The second kappa shape index (κ2) is 10.6. The van der Waals surface area contributed by atoms with E-state index >= 15 is 0 Å². The Kier molecular flexibility index (Phi) is 8.08. The van der Waals surface area contributed by atoms with Crippen LogP contribution < -0.4 is 15.2 Å². The Morgan fingerprint density at radius 1 is 1.18 bits per heavy atom. The van der Waals surface area contributed by atoms with Crippen molar-refractivity contribution in [2.24, 2.45) is 5.92 Å². The van der Waals surface area contributed by atoms with E-state index in [1.165, 1.54) is 7.11 Å². The number of thiophene rings is 1. The molecule has 6 nitrogen and oxygen atoms in total. The fourth-order valence-corrected chi connectivity index (χ4v) is 4.71. The molecule has 2 heterocycles. The number of methoxy groups -OCH3 is 1. The lowest BCUT2D eigenvalue weighted by Crippen LogP contribution is -2.48. The van der Waals surface area contributed by atoms with Crippen LogP contribution in [-0.4, -0.2) is 29.9 Å². The van der Waals surface area contributed by atoms with Gasteiger partial charge in [-0.05, 0) is 62.3 Å². The van der Waals surface area contributed by atoms with E-state index in [1.807, 2.05) is 50.4 Å². The van der Waals surface area contributed by atoms with Gasteiger partial charge in [0.1, 0.15) is 0 Å². The van der Waals surface area contributed by atoms with E-state index < -0.39 is 11.6 Å². The average Bonchev–Trinajstić information content (AvgIpc) is 3.31. The van der Waals surface area contributed by atoms with Crippen LogP contribution in [-0.2, 0) is 11.3 Å². The van der Waals surface area contributed by atoms with Gasteiger partial charge in [0.05, 0.1) is 19.1 Å². The number of benzene rings is 1. The molecule has 34 heavy (non-hydrogen) atoms. The summed E-state index contributed by atoms with van der Waals surface area (Å²) >= 11 is 1.64. The number of aromatic nitrogens is 1. The van der Waals surface area contributed by atoms with Gasteiger partial charge in [-0.1, -0.05) is 39.3 Å². The monoisotopic (exact) mass is 484 g/mol. The van der Waals surface area contributed by atoms with E-state index in [1.54, 1.807) is 20.8 Å². The topological polar surface area (TPSA) is 60.8 Å². The van der Waals surface area contributed by atoms with Gasteiger partial charge in [-0.25, -0.2) is 4.79 Å². The predicted octanol–water partition coefficient (Wildman–Crippen LogP) is 6.94. The van der Waals surface area contributed by atoms with Gasteiger partial charge < -0.3 is 9.47 Å². The molecule has 0 bridgehead atoms. The number of nitrogens with zero attached hydrogens (tertiary/aromatic N) is 2. The number of unbranched alkanes of at least 4 members (excludes halogenated alkanes) is 1. The first-order valence-electron chi connectivity index (χ1n) is 11.9. The molecule has 1 amide bonds. The first-order chi connectivity index (χ1) is 16.1. The SMILES string of the molecule is CCCCOc1c(N(C(=O)OC)C(C)(C)C)n(CC(C)C)c(=O)c2ccc(-c3cccs3)cc12. The van der Waals surface area contributed by atoms with Crippen molar-refractivity contribution in [1.29, 1.82) is 0 Å². The third kappa shape index (κ3) is 5.30. The number of hydrogen-bond donors (Lipinski definition) is 0. The summed E-state index contributed by atoms with van der Waals surface area (Å²) in [6.07, 6.45) is 1.31. The Morgan fingerprint density at radius 2 is 1.91 bits per heavy atom. The van der Waals surface area contributed by atoms with Crippen LogP contribution in [0.2, 0.25) is 0 Å². The van der Waals surface area contributed by atoms with E-state index in [-0.39, 0.29) is 11.5 Å². The highest BCUT2D eigenvalue weighted by molar-refractivity contribution is 7.13. The molecule has 0 N–H and O–H groups in total. The quantitative estimate of drug-likeness (QED) is 0.325. The molecule has 0 saturated heterocycles. The summed E-state index contributed by atoms with van der Waals surface area (Å²) in [5.74, 6) is 1.18. The minimum absolute atomic E-state index is 0.141. The van der Waals surface area contributed by atoms with Crippen LogP contribution in [0.1, 0.15) is 54.4 Å². The Labute approximate surface area is 206 Å². The summed E-state index contributed by atoms with van der Waals surface area (Å²) in [5, 5.41) is 3.32. The summed E-state index contributed by atoms with van der Waals surface area (Å²) in [7, 11) is 1.36. The van der Waals surface area contributed by atoms with E-state index in [2.05, 4.69) is 26.8 Å². The molecule has 0 radical (unpaired) electrons. The molecule has 2 aromatic heterocycles.